The molecule has 0 spiro atoms. The highest BCUT2D eigenvalue weighted by atomic mass is 16.3. The van der Waals surface area contributed by atoms with Gasteiger partial charge in [-0.15, -0.1) is 0 Å². The second-order valence-corrected chi connectivity index (χ2v) is 14.3. The molecule has 4 amide bonds. The van der Waals surface area contributed by atoms with Crippen molar-refractivity contribution in [3.63, 3.8) is 0 Å². The number of carbonyl (C=O) groups is 4. The molecule has 6 atom stereocenters. The molecular weight excluding hydrogens is 608 g/mol. The van der Waals surface area contributed by atoms with Crippen molar-refractivity contribution in [1.82, 2.24) is 25.8 Å². The summed E-state index contributed by atoms with van der Waals surface area (Å²) in [6.45, 7) is 6.14. The normalized spacial score (nSPS) is 21.2. The first-order chi connectivity index (χ1) is 22.9. The Labute approximate surface area is 282 Å². The number of amides is 4. The number of nitrogens with zero attached hydrogens (tertiary/aromatic N) is 2. The van der Waals surface area contributed by atoms with Crippen LogP contribution in [0.4, 0.5) is 0 Å². The predicted molar refractivity (Wildman–Crippen MR) is 184 cm³/mol. The zero-order valence-electron chi connectivity index (χ0n) is 28.0. The minimum Gasteiger partial charge on any atom is -0.390 e. The molecule has 48 heavy (non-hydrogen) atoms. The summed E-state index contributed by atoms with van der Waals surface area (Å²) < 4.78 is 0. The fraction of sp³-hybridized carbons (Fsp3) is 0.486. The molecule has 3 aromatic rings. The van der Waals surface area contributed by atoms with Gasteiger partial charge in [-0.2, -0.15) is 0 Å². The lowest BCUT2D eigenvalue weighted by molar-refractivity contribution is -0.128. The van der Waals surface area contributed by atoms with Gasteiger partial charge in [-0.3, -0.25) is 24.1 Å². The Morgan fingerprint density at radius 3 is 2.44 bits per heavy atom. The molecule has 1 aliphatic heterocycles. The van der Waals surface area contributed by atoms with Gasteiger partial charge in [-0.25, -0.2) is 4.98 Å². The van der Waals surface area contributed by atoms with Crippen LogP contribution in [-0.2, 0) is 20.8 Å². The van der Waals surface area contributed by atoms with Crippen molar-refractivity contribution in [3.8, 4) is 0 Å². The highest BCUT2D eigenvalue weighted by Gasteiger charge is 2.45. The van der Waals surface area contributed by atoms with Crippen molar-refractivity contribution in [2.45, 2.75) is 102 Å². The highest BCUT2D eigenvalue weighted by Crippen LogP contribution is 2.42. The molecule has 2 fully saturated rings. The first kappa shape index (κ1) is 35.0. The van der Waals surface area contributed by atoms with E-state index >= 15 is 0 Å². The van der Waals surface area contributed by atoms with Gasteiger partial charge in [0.2, 0.25) is 17.7 Å². The average molecular weight is 657 g/mol. The maximum Gasteiger partial charge on any atom is 0.270 e. The number of nitrogens with one attached hydrogen (secondary N) is 3. The number of benzene rings is 2. The Balaban J connectivity index is 1.33. The minimum atomic E-state index is -1.28. The summed E-state index contributed by atoms with van der Waals surface area (Å²) in [5, 5.41) is 21.3. The van der Waals surface area contributed by atoms with E-state index in [0.29, 0.717) is 24.3 Å². The Hall–Kier alpha value is -4.35. The molecule has 0 unspecified atom stereocenters. The molecule has 11 nitrogen and oxygen atoms in total. The molecule has 256 valence electrons. The van der Waals surface area contributed by atoms with E-state index < -0.39 is 42.3 Å². The Bertz CT molecular complexity index is 1610. The van der Waals surface area contributed by atoms with Gasteiger partial charge < -0.3 is 26.8 Å². The summed E-state index contributed by atoms with van der Waals surface area (Å²) in [6.07, 6.45) is 3.30. The summed E-state index contributed by atoms with van der Waals surface area (Å²) in [4.78, 5) is 58.7. The molecule has 2 heterocycles. The molecule has 6 N–H and O–H groups in total. The molecule has 2 aromatic carbocycles. The number of hydrogen-bond acceptors (Lipinski definition) is 7. The third-order valence-electron chi connectivity index (χ3n) is 9.37. The number of aliphatic hydroxyl groups excluding tert-OH is 1. The topological polar surface area (TPSA) is 167 Å². The van der Waals surface area contributed by atoms with Crippen molar-refractivity contribution in [1.29, 1.82) is 0 Å². The third kappa shape index (κ3) is 9.17. The number of β-amino-alcohol motifs (C(OH)–C–C–N with tert-alkyl or cyclic N) is 1. The lowest BCUT2D eigenvalue weighted by Crippen LogP contribution is -2.56. The van der Waals surface area contributed by atoms with E-state index in [2.05, 4.69) is 25.8 Å². The van der Waals surface area contributed by atoms with Crippen LogP contribution in [0.25, 0.3) is 10.9 Å². The van der Waals surface area contributed by atoms with Crippen LogP contribution in [0, 0.1) is 5.92 Å². The molecule has 5 rings (SSSR count). The monoisotopic (exact) mass is 656 g/mol. The number of nitrogens with two attached hydrogens (primary N) is 1. The zero-order valence-corrected chi connectivity index (χ0v) is 28.0. The van der Waals surface area contributed by atoms with Gasteiger partial charge in [0, 0.05) is 36.0 Å². The lowest BCUT2D eigenvalue weighted by Gasteiger charge is -2.35. The summed E-state index contributed by atoms with van der Waals surface area (Å²) in [5.41, 5.74) is 6.78. The number of primary amides is 1. The number of aliphatic hydroxyl groups is 1. The highest BCUT2D eigenvalue weighted by molar-refractivity contribution is 5.99. The smallest absolute Gasteiger partial charge is 0.270 e. The molecule has 0 radical (unpaired) electrons. The van der Waals surface area contributed by atoms with Gasteiger partial charge in [0.05, 0.1) is 24.1 Å². The molecule has 11 heteroatoms. The van der Waals surface area contributed by atoms with E-state index in [9.17, 15) is 24.3 Å². The van der Waals surface area contributed by atoms with Gasteiger partial charge in [0.25, 0.3) is 5.91 Å². The first-order valence-corrected chi connectivity index (χ1v) is 16.9. The number of aromatic nitrogens is 1. The molecule has 1 saturated carbocycles. The van der Waals surface area contributed by atoms with Crippen molar-refractivity contribution in [2.75, 3.05) is 6.54 Å². The van der Waals surface area contributed by atoms with Crippen molar-refractivity contribution >= 4 is 34.5 Å². The summed E-state index contributed by atoms with van der Waals surface area (Å²) in [5.74, 6) is -1.58. The largest absolute Gasteiger partial charge is 0.390 e. The second-order valence-electron chi connectivity index (χ2n) is 14.3. The second kappa shape index (κ2) is 15.3. The molecule has 1 saturated heterocycles. The molecule has 1 aliphatic carbocycles. The molecule has 0 bridgehead atoms. The number of para-hydroxylation sites is 1. The van der Waals surface area contributed by atoms with Crippen LogP contribution in [0.3, 0.4) is 0 Å². The summed E-state index contributed by atoms with van der Waals surface area (Å²) in [6, 6.07) is 18.4. The van der Waals surface area contributed by atoms with E-state index in [1.807, 2.05) is 69.3 Å². The Morgan fingerprint density at radius 1 is 0.979 bits per heavy atom. The number of fused-ring (bicyclic) bond motifs is 2. The van der Waals surface area contributed by atoms with Crippen LogP contribution in [0.5, 0.6) is 0 Å². The van der Waals surface area contributed by atoms with Crippen LogP contribution in [0.15, 0.2) is 66.7 Å². The predicted octanol–water partition coefficient (Wildman–Crippen LogP) is 2.84. The van der Waals surface area contributed by atoms with E-state index in [4.69, 9.17) is 5.73 Å². The number of carbonyl (C=O) groups excluding carboxylic acids is 4. The number of rotatable bonds is 13. The molecular formula is C37H48N6O5. The van der Waals surface area contributed by atoms with Crippen LogP contribution >= 0.6 is 0 Å². The Kier molecular flexibility index (Phi) is 11.1. The number of hydrogen-bond donors (Lipinski definition) is 5. The standard InChI is InChI=1S/C37H48N6O5/c1-37(2,3)42-34(46)20-26-19-25-13-9-15-31(25)43(26)22-32(44)29(18-23-10-5-4-6-11-23)40-36(48)30(21-33(38)45)41-35(47)28-17-16-24-12-7-8-14-27(24)39-28/h4-8,10-12,14,16-17,25-26,29-32,44H,9,13,15,18-22H2,1-3H3,(H2,38,45)(H,40,48)(H,41,47)(H,42,46)/t25-,26-,29-,30-,31-,32+/m0/s1. The van der Waals surface area contributed by atoms with Gasteiger partial charge in [0.1, 0.15) is 11.7 Å². The third-order valence-corrected chi connectivity index (χ3v) is 9.37. The Morgan fingerprint density at radius 2 is 1.71 bits per heavy atom. The fourth-order valence-corrected chi connectivity index (χ4v) is 7.27. The van der Waals surface area contributed by atoms with Gasteiger partial charge >= 0.3 is 0 Å². The van der Waals surface area contributed by atoms with E-state index in [-0.39, 0.29) is 35.8 Å². The summed E-state index contributed by atoms with van der Waals surface area (Å²) >= 11 is 0. The summed E-state index contributed by atoms with van der Waals surface area (Å²) in [7, 11) is 0. The van der Waals surface area contributed by atoms with Crippen LogP contribution < -0.4 is 21.7 Å². The van der Waals surface area contributed by atoms with E-state index in [0.717, 1.165) is 36.6 Å². The van der Waals surface area contributed by atoms with Crippen LogP contribution in [-0.4, -0.2) is 81.0 Å². The van der Waals surface area contributed by atoms with Gasteiger partial charge in [0.15, 0.2) is 0 Å². The van der Waals surface area contributed by atoms with Gasteiger partial charge in [-0.1, -0.05) is 61.0 Å². The quantitative estimate of drug-likeness (QED) is 0.189. The van der Waals surface area contributed by atoms with Crippen molar-refractivity contribution in [3.05, 3.63) is 78.0 Å². The van der Waals surface area contributed by atoms with Gasteiger partial charge in [-0.05, 0) is 70.1 Å². The molecule has 1 aromatic heterocycles. The van der Waals surface area contributed by atoms with E-state index in [1.54, 1.807) is 18.2 Å². The maximum absolute atomic E-state index is 13.8. The minimum absolute atomic E-state index is 0.0213. The maximum atomic E-state index is 13.8. The average Bonchev–Trinajstić information content (AvgIpc) is 3.61. The lowest BCUT2D eigenvalue weighted by atomic mass is 9.99. The number of likely N-dealkylation sites (tertiary alicyclic amines) is 1. The van der Waals surface area contributed by atoms with Crippen LogP contribution in [0.1, 0.15) is 75.3 Å². The first-order valence-electron chi connectivity index (χ1n) is 16.9. The van der Waals surface area contributed by atoms with Crippen molar-refractivity contribution in [2.24, 2.45) is 11.7 Å². The fourth-order valence-electron chi connectivity index (χ4n) is 7.27. The molecule has 2 aliphatic rings. The number of pyridine rings is 1. The van der Waals surface area contributed by atoms with Crippen LogP contribution in [0.2, 0.25) is 0 Å². The zero-order chi connectivity index (χ0) is 34.4. The van der Waals surface area contributed by atoms with E-state index in [1.165, 1.54) is 0 Å². The SMILES string of the molecule is CC(C)(C)NC(=O)C[C@@H]1C[C@@H]2CCC[C@@H]2N1C[C@@H](O)[C@H](Cc1ccccc1)NC(=O)[C@H](CC(N)=O)NC(=O)c1ccc2ccccc2n1. The van der Waals surface area contributed by atoms with Crippen molar-refractivity contribution < 1.29 is 24.3 Å².